The molecule has 0 fully saturated rings. The molecule has 0 amide bonds. The zero-order valence-electron chi connectivity index (χ0n) is 14.8. The number of ether oxygens (including phenoxy) is 2. The summed E-state index contributed by atoms with van der Waals surface area (Å²) in [6.45, 7) is 4.25. The maximum absolute atomic E-state index is 11.9. The number of rotatable bonds is 11. The Morgan fingerprint density at radius 3 is 2.22 bits per heavy atom. The highest BCUT2D eigenvalue weighted by Crippen LogP contribution is 2.14. The Hall–Kier alpha value is -1.77. The van der Waals surface area contributed by atoms with Crippen LogP contribution in [0.3, 0.4) is 0 Å². The van der Waals surface area contributed by atoms with Gasteiger partial charge in [0, 0.05) is 0 Å². The second-order valence-corrected chi connectivity index (χ2v) is 5.97. The van der Waals surface area contributed by atoms with Crippen molar-refractivity contribution in [3.05, 3.63) is 41.7 Å². The van der Waals surface area contributed by atoms with Crippen LogP contribution in [0.1, 0.15) is 75.6 Å². The van der Waals surface area contributed by atoms with Crippen LogP contribution in [0.25, 0.3) is 0 Å². The number of benzene rings is 1. The van der Waals surface area contributed by atoms with Crippen LogP contribution in [-0.2, 0) is 4.74 Å². The molecule has 0 atom stereocenters. The fraction of sp³-hybridized carbons (Fsp3) is 0.550. The highest BCUT2D eigenvalue weighted by Gasteiger charge is 2.06. The van der Waals surface area contributed by atoms with Gasteiger partial charge < -0.3 is 9.47 Å². The lowest BCUT2D eigenvalue weighted by atomic mass is 10.1. The van der Waals surface area contributed by atoms with Gasteiger partial charge in [-0.2, -0.15) is 0 Å². The van der Waals surface area contributed by atoms with Crippen LogP contribution in [0, 0.1) is 0 Å². The topological polar surface area (TPSA) is 35.5 Å². The van der Waals surface area contributed by atoms with Gasteiger partial charge in [-0.15, -0.1) is 0 Å². The van der Waals surface area contributed by atoms with E-state index < -0.39 is 0 Å². The summed E-state index contributed by atoms with van der Waals surface area (Å²) in [5.74, 6) is 0.402. The summed E-state index contributed by atoms with van der Waals surface area (Å²) in [5.41, 5.74) is 1.64. The van der Waals surface area contributed by atoms with E-state index in [1.807, 2.05) is 6.92 Å². The molecular weight excluding hydrogens is 288 g/mol. The van der Waals surface area contributed by atoms with E-state index >= 15 is 0 Å². The third-order valence-corrected chi connectivity index (χ3v) is 3.87. The van der Waals surface area contributed by atoms with E-state index in [-0.39, 0.29) is 5.97 Å². The van der Waals surface area contributed by atoms with Crippen LogP contribution in [0.5, 0.6) is 5.75 Å². The first-order chi connectivity index (χ1) is 11.2. The highest BCUT2D eigenvalue weighted by atomic mass is 16.5. The normalized spacial score (nSPS) is 11.3. The van der Waals surface area contributed by atoms with Crippen LogP contribution in [-0.4, -0.2) is 13.1 Å². The van der Waals surface area contributed by atoms with Crippen molar-refractivity contribution in [3.8, 4) is 5.75 Å². The molecule has 1 aromatic rings. The Morgan fingerprint density at radius 1 is 1.00 bits per heavy atom. The number of hydrogen-bond donors (Lipinski definition) is 0. The second-order valence-electron chi connectivity index (χ2n) is 5.97. The number of methoxy groups -OCH3 is 1. The van der Waals surface area contributed by atoms with Gasteiger partial charge in [-0.25, -0.2) is 4.79 Å². The Bertz CT molecular complexity index is 474. The molecule has 0 aliphatic heterocycles. The van der Waals surface area contributed by atoms with Crippen LogP contribution < -0.4 is 4.74 Å². The van der Waals surface area contributed by atoms with E-state index in [4.69, 9.17) is 9.47 Å². The lowest BCUT2D eigenvalue weighted by molar-refractivity contribution is 0.0660. The van der Waals surface area contributed by atoms with Gasteiger partial charge in [-0.1, -0.05) is 45.4 Å². The summed E-state index contributed by atoms with van der Waals surface area (Å²) in [7, 11) is 1.60. The van der Waals surface area contributed by atoms with E-state index in [9.17, 15) is 4.79 Å². The fourth-order valence-electron chi connectivity index (χ4n) is 2.37. The predicted molar refractivity (Wildman–Crippen MR) is 94.8 cm³/mol. The van der Waals surface area contributed by atoms with Gasteiger partial charge >= 0.3 is 5.97 Å². The molecule has 1 rings (SSSR count). The van der Waals surface area contributed by atoms with Crippen molar-refractivity contribution >= 4 is 5.97 Å². The number of carbonyl (C=O) groups is 1. The van der Waals surface area contributed by atoms with E-state index in [0.29, 0.717) is 5.56 Å². The lowest BCUT2D eigenvalue weighted by Crippen LogP contribution is -2.01. The first-order valence-electron chi connectivity index (χ1n) is 8.68. The fourth-order valence-corrected chi connectivity index (χ4v) is 2.37. The molecule has 0 radical (unpaired) electrons. The molecule has 3 nitrogen and oxygen atoms in total. The predicted octanol–water partition coefficient (Wildman–Crippen LogP) is 5.90. The molecule has 128 valence electrons. The van der Waals surface area contributed by atoms with Gasteiger partial charge in [-0.05, 0) is 49.6 Å². The zero-order valence-corrected chi connectivity index (χ0v) is 14.8. The quantitative estimate of drug-likeness (QED) is 0.289. The third-order valence-electron chi connectivity index (χ3n) is 3.87. The first kappa shape index (κ1) is 19.3. The maximum Gasteiger partial charge on any atom is 0.342 e. The van der Waals surface area contributed by atoms with Gasteiger partial charge in [0.25, 0.3) is 0 Å². The first-order valence-corrected chi connectivity index (χ1v) is 8.68. The standard InChI is InChI=1S/C20H30O3/c1-4-5-6-7-8-9-10-11-17(2)16-23-20(21)18-12-14-19(22-3)15-13-18/h12-16H,4-11H2,1-3H3/b17-16+. The number of unbranched alkanes of at least 4 members (excludes halogenated alkanes) is 6. The van der Waals surface area contributed by atoms with Crippen molar-refractivity contribution in [2.24, 2.45) is 0 Å². The van der Waals surface area contributed by atoms with Crippen LogP contribution >= 0.6 is 0 Å². The summed E-state index contributed by atoms with van der Waals surface area (Å²) < 4.78 is 10.3. The van der Waals surface area contributed by atoms with Crippen molar-refractivity contribution in [2.75, 3.05) is 7.11 Å². The van der Waals surface area contributed by atoms with Crippen molar-refractivity contribution in [3.63, 3.8) is 0 Å². The highest BCUT2D eigenvalue weighted by molar-refractivity contribution is 5.89. The van der Waals surface area contributed by atoms with Crippen molar-refractivity contribution < 1.29 is 14.3 Å². The molecule has 0 N–H and O–H groups in total. The SMILES string of the molecule is CCCCCCCCC/C(C)=C/OC(=O)c1ccc(OC)cc1. The summed E-state index contributed by atoms with van der Waals surface area (Å²) in [6, 6.07) is 6.93. The molecule has 3 heteroatoms. The van der Waals surface area contributed by atoms with Gasteiger partial charge in [0.05, 0.1) is 18.9 Å². The molecule has 0 heterocycles. The molecule has 0 saturated heterocycles. The molecule has 0 aliphatic carbocycles. The molecular formula is C20H30O3. The number of carbonyl (C=O) groups excluding carboxylic acids is 1. The third kappa shape index (κ3) is 8.44. The summed E-state index contributed by atoms with van der Waals surface area (Å²) >= 11 is 0. The van der Waals surface area contributed by atoms with Crippen LogP contribution in [0.15, 0.2) is 36.1 Å². The van der Waals surface area contributed by atoms with Gasteiger partial charge in [0.2, 0.25) is 0 Å². The Kier molecular flexibility index (Phi) is 9.85. The van der Waals surface area contributed by atoms with Crippen molar-refractivity contribution in [1.29, 1.82) is 0 Å². The summed E-state index contributed by atoms with van der Waals surface area (Å²) in [4.78, 5) is 11.9. The summed E-state index contributed by atoms with van der Waals surface area (Å²) in [5, 5.41) is 0. The largest absolute Gasteiger partial charge is 0.497 e. The molecule has 23 heavy (non-hydrogen) atoms. The minimum Gasteiger partial charge on any atom is -0.497 e. The van der Waals surface area contributed by atoms with Crippen LogP contribution in [0.2, 0.25) is 0 Å². The number of hydrogen-bond acceptors (Lipinski definition) is 3. The Morgan fingerprint density at radius 2 is 1.61 bits per heavy atom. The number of allylic oxidation sites excluding steroid dienone is 1. The van der Waals surface area contributed by atoms with Gasteiger partial charge in [-0.3, -0.25) is 0 Å². The lowest BCUT2D eigenvalue weighted by Gasteiger charge is -2.04. The van der Waals surface area contributed by atoms with Crippen LogP contribution in [0.4, 0.5) is 0 Å². The Labute approximate surface area is 140 Å². The minimum absolute atomic E-state index is 0.327. The van der Waals surface area contributed by atoms with E-state index in [1.165, 1.54) is 38.5 Å². The molecule has 0 saturated carbocycles. The molecule has 0 unspecified atom stereocenters. The average Bonchev–Trinajstić information content (AvgIpc) is 2.59. The average molecular weight is 318 g/mol. The van der Waals surface area contributed by atoms with E-state index in [1.54, 1.807) is 37.6 Å². The van der Waals surface area contributed by atoms with Gasteiger partial charge in [0.15, 0.2) is 0 Å². The monoisotopic (exact) mass is 318 g/mol. The van der Waals surface area contributed by atoms with Crippen molar-refractivity contribution in [1.82, 2.24) is 0 Å². The minimum atomic E-state index is -0.327. The smallest absolute Gasteiger partial charge is 0.342 e. The van der Waals surface area contributed by atoms with E-state index in [2.05, 4.69) is 6.92 Å². The molecule has 0 aliphatic rings. The molecule has 1 aromatic carbocycles. The van der Waals surface area contributed by atoms with Gasteiger partial charge in [0.1, 0.15) is 5.75 Å². The van der Waals surface area contributed by atoms with E-state index in [0.717, 1.165) is 24.2 Å². The number of esters is 1. The second kappa shape index (κ2) is 11.8. The maximum atomic E-state index is 11.9. The Balaban J connectivity index is 2.22. The molecule has 0 aromatic heterocycles. The summed E-state index contributed by atoms with van der Waals surface area (Å²) in [6.07, 6.45) is 11.6. The molecule has 0 spiro atoms. The zero-order chi connectivity index (χ0) is 16.9. The molecule has 0 bridgehead atoms. The van der Waals surface area contributed by atoms with Crippen molar-refractivity contribution in [2.45, 2.75) is 65.2 Å².